The quantitative estimate of drug-likeness (QED) is 0.582. The number of methoxy groups -OCH3 is 1. The van der Waals surface area contributed by atoms with Gasteiger partial charge in [0.2, 0.25) is 0 Å². The highest BCUT2D eigenvalue weighted by molar-refractivity contribution is 5.91. The average molecular weight is 401 g/mol. The second-order valence-electron chi connectivity index (χ2n) is 6.12. The highest BCUT2D eigenvalue weighted by atomic mass is 16.5. The van der Waals surface area contributed by atoms with Crippen molar-refractivity contribution in [1.29, 1.82) is 10.5 Å². The molecule has 0 saturated carbocycles. The summed E-state index contributed by atoms with van der Waals surface area (Å²) in [4.78, 5) is 0. The van der Waals surface area contributed by atoms with Gasteiger partial charge in [-0.1, -0.05) is 24.3 Å². The molecule has 1 aromatic heterocycles. The molecule has 3 N–H and O–H groups in total. The molecular weight excluding hydrogens is 382 g/mol. The van der Waals surface area contributed by atoms with E-state index in [0.717, 1.165) is 0 Å². The molecule has 0 spiro atoms. The number of allylic oxidation sites excluding steroid dienone is 1. The maximum Gasteiger partial charge on any atom is 0.161 e. The van der Waals surface area contributed by atoms with Crippen LogP contribution in [0.2, 0.25) is 0 Å². The number of benzene rings is 2. The van der Waals surface area contributed by atoms with Gasteiger partial charge in [0.25, 0.3) is 0 Å². The topological polar surface area (TPSA) is 130 Å². The summed E-state index contributed by atoms with van der Waals surface area (Å²) in [6.45, 7) is 0.0164. The first-order valence-corrected chi connectivity index (χ1v) is 9.00. The molecule has 2 aromatic carbocycles. The molecule has 0 unspecified atom stereocenters. The van der Waals surface area contributed by atoms with Crippen molar-refractivity contribution in [3.63, 3.8) is 0 Å². The summed E-state index contributed by atoms with van der Waals surface area (Å²) < 4.78 is 12.2. The van der Waals surface area contributed by atoms with Gasteiger partial charge in [-0.2, -0.15) is 15.6 Å². The van der Waals surface area contributed by atoms with Crippen molar-refractivity contribution in [3.05, 3.63) is 65.4 Å². The van der Waals surface area contributed by atoms with Gasteiger partial charge in [0.05, 0.1) is 25.0 Å². The molecule has 0 atom stereocenters. The maximum absolute atomic E-state index is 9.73. The molecule has 0 fully saturated rings. The van der Waals surface area contributed by atoms with Crippen molar-refractivity contribution < 1.29 is 14.6 Å². The molecule has 3 aromatic rings. The van der Waals surface area contributed by atoms with Crippen LogP contribution in [0.1, 0.15) is 16.8 Å². The minimum atomic E-state index is -0.119. The standard InChI is InChI=1S/C22H19N5O3/c1-29-20-12-15(7-8-19(20)30-10-9-28)11-16(13-23)21-18(14-24)22(25)27(26-21)17-5-3-2-4-6-17/h2-8,11-12,28H,9-10,25H2,1H3/b16-11+. The number of nitriles is 2. The molecule has 3 rings (SSSR count). The third-order valence-corrected chi connectivity index (χ3v) is 4.26. The fourth-order valence-corrected chi connectivity index (χ4v) is 2.86. The second-order valence-corrected chi connectivity index (χ2v) is 6.12. The summed E-state index contributed by atoms with van der Waals surface area (Å²) >= 11 is 0. The first-order chi connectivity index (χ1) is 14.6. The van der Waals surface area contributed by atoms with E-state index in [0.29, 0.717) is 22.7 Å². The fraction of sp³-hybridized carbons (Fsp3) is 0.136. The average Bonchev–Trinajstić information content (AvgIpc) is 3.12. The van der Waals surface area contributed by atoms with Crippen LogP contribution >= 0.6 is 0 Å². The fourth-order valence-electron chi connectivity index (χ4n) is 2.86. The SMILES string of the molecule is COc1cc(/C=C(\C#N)c2nn(-c3ccccc3)c(N)c2C#N)ccc1OCCO. The van der Waals surface area contributed by atoms with Crippen LogP contribution in [0.4, 0.5) is 5.82 Å². The minimum Gasteiger partial charge on any atom is -0.493 e. The Hall–Kier alpha value is -4.27. The predicted octanol–water partition coefficient (Wildman–Crippen LogP) is 2.77. The first-order valence-electron chi connectivity index (χ1n) is 9.00. The highest BCUT2D eigenvalue weighted by Gasteiger charge is 2.20. The third kappa shape index (κ3) is 4.09. The Morgan fingerprint density at radius 3 is 2.60 bits per heavy atom. The van der Waals surface area contributed by atoms with Crippen LogP contribution in [0.25, 0.3) is 17.3 Å². The zero-order valence-corrected chi connectivity index (χ0v) is 16.2. The first kappa shape index (κ1) is 20.5. The van der Waals surface area contributed by atoms with Crippen LogP contribution in [0.3, 0.4) is 0 Å². The van der Waals surface area contributed by atoms with Crippen LogP contribution in [-0.2, 0) is 0 Å². The Morgan fingerprint density at radius 2 is 1.97 bits per heavy atom. The van der Waals surface area contributed by atoms with E-state index in [1.807, 2.05) is 24.3 Å². The van der Waals surface area contributed by atoms with E-state index >= 15 is 0 Å². The smallest absolute Gasteiger partial charge is 0.161 e. The third-order valence-electron chi connectivity index (χ3n) is 4.26. The van der Waals surface area contributed by atoms with Crippen LogP contribution in [-0.4, -0.2) is 35.2 Å². The number of aliphatic hydroxyl groups is 1. The number of hydrogen-bond donors (Lipinski definition) is 2. The number of anilines is 1. The van der Waals surface area contributed by atoms with Crippen molar-refractivity contribution in [2.75, 3.05) is 26.1 Å². The number of para-hydroxylation sites is 1. The van der Waals surface area contributed by atoms with E-state index in [4.69, 9.17) is 20.3 Å². The summed E-state index contributed by atoms with van der Waals surface area (Å²) in [7, 11) is 1.50. The predicted molar refractivity (Wildman–Crippen MR) is 112 cm³/mol. The monoisotopic (exact) mass is 401 g/mol. The molecule has 0 radical (unpaired) electrons. The summed E-state index contributed by atoms with van der Waals surface area (Å²) in [6.07, 6.45) is 1.59. The Kier molecular flexibility index (Phi) is 6.33. The Balaban J connectivity index is 2.06. The van der Waals surface area contributed by atoms with Gasteiger partial charge in [0.1, 0.15) is 35.8 Å². The normalized spacial score (nSPS) is 10.9. The van der Waals surface area contributed by atoms with Crippen molar-refractivity contribution in [2.24, 2.45) is 0 Å². The van der Waals surface area contributed by atoms with E-state index in [9.17, 15) is 10.5 Å². The van der Waals surface area contributed by atoms with Gasteiger partial charge in [0.15, 0.2) is 11.5 Å². The van der Waals surface area contributed by atoms with Crippen molar-refractivity contribution >= 4 is 17.5 Å². The van der Waals surface area contributed by atoms with Crippen LogP contribution in [0.5, 0.6) is 11.5 Å². The van der Waals surface area contributed by atoms with Gasteiger partial charge in [-0.3, -0.25) is 0 Å². The molecule has 0 amide bonds. The lowest BCUT2D eigenvalue weighted by molar-refractivity contribution is 0.196. The molecule has 30 heavy (non-hydrogen) atoms. The van der Waals surface area contributed by atoms with Crippen molar-refractivity contribution in [1.82, 2.24) is 9.78 Å². The van der Waals surface area contributed by atoms with Gasteiger partial charge in [0, 0.05) is 0 Å². The molecule has 8 nitrogen and oxygen atoms in total. The van der Waals surface area contributed by atoms with E-state index in [-0.39, 0.29) is 35.9 Å². The number of ether oxygens (including phenoxy) is 2. The number of aliphatic hydroxyl groups excluding tert-OH is 1. The number of nitrogen functional groups attached to an aromatic ring is 1. The van der Waals surface area contributed by atoms with E-state index in [1.165, 1.54) is 11.8 Å². The van der Waals surface area contributed by atoms with Gasteiger partial charge >= 0.3 is 0 Å². The van der Waals surface area contributed by atoms with E-state index < -0.39 is 0 Å². The van der Waals surface area contributed by atoms with E-state index in [1.54, 1.807) is 36.4 Å². The highest BCUT2D eigenvalue weighted by Crippen LogP contribution is 2.31. The Labute approximate surface area is 173 Å². The number of rotatable bonds is 7. The van der Waals surface area contributed by atoms with E-state index in [2.05, 4.69) is 11.2 Å². The van der Waals surface area contributed by atoms with Crippen LogP contribution in [0.15, 0.2) is 48.5 Å². The van der Waals surface area contributed by atoms with Gasteiger partial charge < -0.3 is 20.3 Å². The minimum absolute atomic E-state index is 0.119. The molecule has 0 aliphatic heterocycles. The summed E-state index contributed by atoms with van der Waals surface area (Å²) in [5.74, 6) is 1.08. The lowest BCUT2D eigenvalue weighted by Crippen LogP contribution is -2.03. The molecular formula is C22H19N5O3. The molecule has 8 heteroatoms. The van der Waals surface area contributed by atoms with Crippen molar-refractivity contribution in [3.8, 4) is 29.3 Å². The Morgan fingerprint density at radius 1 is 1.20 bits per heavy atom. The van der Waals surface area contributed by atoms with Gasteiger partial charge in [-0.25, -0.2) is 4.68 Å². The lowest BCUT2D eigenvalue weighted by Gasteiger charge is -2.10. The van der Waals surface area contributed by atoms with Crippen LogP contribution in [0, 0.1) is 22.7 Å². The van der Waals surface area contributed by atoms with Crippen LogP contribution < -0.4 is 15.2 Å². The molecule has 0 aliphatic rings. The number of aromatic nitrogens is 2. The maximum atomic E-state index is 9.73. The number of nitrogens with two attached hydrogens (primary N) is 1. The zero-order valence-electron chi connectivity index (χ0n) is 16.2. The summed E-state index contributed by atoms with van der Waals surface area (Å²) in [6, 6.07) is 18.4. The molecule has 0 aliphatic carbocycles. The molecule has 150 valence electrons. The zero-order chi connectivity index (χ0) is 21.5. The summed E-state index contributed by atoms with van der Waals surface area (Å²) in [5, 5.41) is 32.7. The Bertz CT molecular complexity index is 1150. The lowest BCUT2D eigenvalue weighted by atomic mass is 10.1. The number of nitrogens with zero attached hydrogens (tertiary/aromatic N) is 4. The summed E-state index contributed by atoms with van der Waals surface area (Å²) in [5.41, 5.74) is 7.96. The van der Waals surface area contributed by atoms with Gasteiger partial charge in [-0.05, 0) is 35.9 Å². The van der Waals surface area contributed by atoms with Gasteiger partial charge in [-0.15, -0.1) is 0 Å². The number of hydrogen-bond acceptors (Lipinski definition) is 7. The molecule has 0 saturated heterocycles. The molecule has 1 heterocycles. The van der Waals surface area contributed by atoms with Crippen molar-refractivity contribution in [2.45, 2.75) is 0 Å². The largest absolute Gasteiger partial charge is 0.493 e. The second kappa shape index (κ2) is 9.28. The molecule has 0 bridgehead atoms.